The molecule has 1 amide bonds. The average Bonchev–Trinajstić information content (AvgIpc) is 3.26. The van der Waals surface area contributed by atoms with Gasteiger partial charge < -0.3 is 14.4 Å². The monoisotopic (exact) mass is 365 g/mol. The number of likely N-dealkylation sites (tertiary alicyclic amines) is 1. The third-order valence-corrected chi connectivity index (χ3v) is 5.40. The van der Waals surface area contributed by atoms with Crippen molar-refractivity contribution in [2.75, 3.05) is 20.3 Å². The molecule has 3 rings (SSSR count). The summed E-state index contributed by atoms with van der Waals surface area (Å²) in [5.74, 6) is 0.947. The van der Waals surface area contributed by atoms with Gasteiger partial charge in [-0.25, -0.2) is 0 Å². The van der Waals surface area contributed by atoms with Crippen LogP contribution in [0.5, 0.6) is 11.5 Å². The Morgan fingerprint density at radius 2 is 2.29 bits per heavy atom. The molecule has 1 fully saturated rings. The van der Waals surface area contributed by atoms with Crippen molar-refractivity contribution in [2.24, 2.45) is 0 Å². The lowest BCUT2D eigenvalue weighted by molar-refractivity contribution is 0.0737. The number of ether oxygens (including phenoxy) is 2. The fourth-order valence-corrected chi connectivity index (χ4v) is 4.22. The predicted octanol–water partition coefficient (Wildman–Crippen LogP) is 4.79. The first kappa shape index (κ1) is 17.1. The van der Waals surface area contributed by atoms with E-state index in [2.05, 4.69) is 6.07 Å². The minimum atomic E-state index is -0.0193. The second-order valence-electron chi connectivity index (χ2n) is 5.59. The third kappa shape index (κ3) is 3.23. The number of nitrogens with zero attached hydrogens (tertiary/aromatic N) is 1. The quantitative estimate of drug-likeness (QED) is 0.764. The van der Waals surface area contributed by atoms with Crippen molar-refractivity contribution in [1.82, 2.24) is 4.90 Å². The maximum Gasteiger partial charge on any atom is 0.254 e. The van der Waals surface area contributed by atoms with Gasteiger partial charge in [0.1, 0.15) is 0 Å². The largest absolute Gasteiger partial charge is 0.493 e. The van der Waals surface area contributed by atoms with Gasteiger partial charge >= 0.3 is 0 Å². The lowest BCUT2D eigenvalue weighted by atomic mass is 10.1. The van der Waals surface area contributed by atoms with Crippen LogP contribution < -0.4 is 9.47 Å². The lowest BCUT2D eigenvalue weighted by Crippen LogP contribution is -2.30. The number of thiophene rings is 1. The Hall–Kier alpha value is -1.72. The van der Waals surface area contributed by atoms with Gasteiger partial charge in [0, 0.05) is 17.0 Å². The maximum atomic E-state index is 13.0. The van der Waals surface area contributed by atoms with Crippen molar-refractivity contribution in [2.45, 2.75) is 25.8 Å². The Morgan fingerprint density at radius 1 is 1.46 bits per heavy atom. The zero-order chi connectivity index (χ0) is 17.1. The Kier molecular flexibility index (Phi) is 5.31. The van der Waals surface area contributed by atoms with Gasteiger partial charge in [0.2, 0.25) is 0 Å². The molecule has 4 nitrogen and oxygen atoms in total. The van der Waals surface area contributed by atoms with Crippen molar-refractivity contribution < 1.29 is 14.3 Å². The molecule has 128 valence electrons. The first-order valence-electron chi connectivity index (χ1n) is 8.00. The summed E-state index contributed by atoms with van der Waals surface area (Å²) in [6.45, 7) is 3.12. The van der Waals surface area contributed by atoms with Crippen LogP contribution in [-0.2, 0) is 0 Å². The first-order chi connectivity index (χ1) is 11.7. The molecule has 0 aliphatic carbocycles. The fraction of sp³-hybridized carbons (Fsp3) is 0.389. The molecule has 1 aliphatic heterocycles. The molecular formula is C18H20ClNO3S. The number of hydrogen-bond donors (Lipinski definition) is 0. The van der Waals surface area contributed by atoms with Gasteiger partial charge in [0.25, 0.3) is 5.91 Å². The summed E-state index contributed by atoms with van der Waals surface area (Å²) in [4.78, 5) is 16.2. The van der Waals surface area contributed by atoms with Crippen LogP contribution in [0, 0.1) is 0 Å². The van der Waals surface area contributed by atoms with Crippen LogP contribution in [0.2, 0.25) is 5.02 Å². The highest BCUT2D eigenvalue weighted by Gasteiger charge is 2.32. The summed E-state index contributed by atoms with van der Waals surface area (Å²) in [5.41, 5.74) is 0.531. The smallest absolute Gasteiger partial charge is 0.254 e. The first-order valence-corrected chi connectivity index (χ1v) is 9.26. The van der Waals surface area contributed by atoms with Crippen molar-refractivity contribution in [3.05, 3.63) is 45.1 Å². The molecule has 0 spiro atoms. The minimum Gasteiger partial charge on any atom is -0.493 e. The van der Waals surface area contributed by atoms with E-state index in [0.717, 1.165) is 19.4 Å². The van der Waals surface area contributed by atoms with Gasteiger partial charge in [-0.05, 0) is 43.3 Å². The van der Waals surface area contributed by atoms with E-state index in [1.54, 1.807) is 30.6 Å². The summed E-state index contributed by atoms with van der Waals surface area (Å²) in [6.07, 6.45) is 2.00. The fourth-order valence-electron chi connectivity index (χ4n) is 3.08. The normalized spacial score (nSPS) is 17.1. The Bertz CT molecular complexity index is 717. The van der Waals surface area contributed by atoms with Crippen LogP contribution in [0.1, 0.15) is 41.0 Å². The number of hydrogen-bond acceptors (Lipinski definition) is 4. The highest BCUT2D eigenvalue weighted by Crippen LogP contribution is 2.39. The van der Waals surface area contributed by atoms with Gasteiger partial charge in [-0.3, -0.25) is 4.79 Å². The molecule has 1 aromatic heterocycles. The number of benzene rings is 1. The SMILES string of the molecule is CCOc1c(Cl)cc(C(=O)N2CCC[C@H]2c2cccs2)cc1OC. The summed E-state index contributed by atoms with van der Waals surface area (Å²) in [6, 6.07) is 7.64. The summed E-state index contributed by atoms with van der Waals surface area (Å²) < 4.78 is 10.9. The second kappa shape index (κ2) is 7.45. The molecule has 1 aromatic carbocycles. The van der Waals surface area contributed by atoms with Gasteiger partial charge in [-0.2, -0.15) is 0 Å². The number of methoxy groups -OCH3 is 1. The molecular weight excluding hydrogens is 346 g/mol. The van der Waals surface area contributed by atoms with Crippen LogP contribution in [0.15, 0.2) is 29.6 Å². The molecule has 0 N–H and O–H groups in total. The van der Waals surface area contributed by atoms with E-state index in [1.165, 1.54) is 4.88 Å². The average molecular weight is 366 g/mol. The highest BCUT2D eigenvalue weighted by molar-refractivity contribution is 7.10. The molecule has 1 saturated heterocycles. The van der Waals surface area contributed by atoms with Crippen molar-refractivity contribution in [3.8, 4) is 11.5 Å². The molecule has 6 heteroatoms. The predicted molar refractivity (Wildman–Crippen MR) is 96.5 cm³/mol. The zero-order valence-electron chi connectivity index (χ0n) is 13.8. The molecule has 24 heavy (non-hydrogen) atoms. The Labute approximate surface area is 150 Å². The van der Waals surface area contributed by atoms with Crippen LogP contribution in [0.3, 0.4) is 0 Å². The van der Waals surface area contributed by atoms with E-state index in [0.29, 0.717) is 28.7 Å². The molecule has 0 radical (unpaired) electrons. The number of halogens is 1. The minimum absolute atomic E-state index is 0.0193. The number of rotatable bonds is 5. The molecule has 2 aromatic rings. The number of carbonyl (C=O) groups is 1. The van der Waals surface area contributed by atoms with Crippen LogP contribution in [-0.4, -0.2) is 31.1 Å². The van der Waals surface area contributed by atoms with Crippen molar-refractivity contribution >= 4 is 28.8 Å². The van der Waals surface area contributed by atoms with Gasteiger partial charge in [-0.1, -0.05) is 17.7 Å². The lowest BCUT2D eigenvalue weighted by Gasteiger charge is -2.24. The van der Waals surface area contributed by atoms with Crippen molar-refractivity contribution in [3.63, 3.8) is 0 Å². The standard InChI is InChI=1S/C18H20ClNO3S/c1-3-23-17-13(19)10-12(11-15(17)22-2)18(21)20-8-4-6-14(20)16-7-5-9-24-16/h5,7,9-11,14H,3-4,6,8H2,1-2H3/t14-/m0/s1. The maximum absolute atomic E-state index is 13.0. The van der Waals surface area contributed by atoms with E-state index >= 15 is 0 Å². The van der Waals surface area contributed by atoms with Crippen LogP contribution >= 0.6 is 22.9 Å². The topological polar surface area (TPSA) is 38.8 Å². The van der Waals surface area contributed by atoms with E-state index < -0.39 is 0 Å². The second-order valence-corrected chi connectivity index (χ2v) is 6.98. The highest BCUT2D eigenvalue weighted by atomic mass is 35.5. The molecule has 0 saturated carbocycles. The molecule has 0 unspecified atom stereocenters. The summed E-state index contributed by atoms with van der Waals surface area (Å²) >= 11 is 8.00. The van der Waals surface area contributed by atoms with Gasteiger partial charge in [0.15, 0.2) is 11.5 Å². The molecule has 1 atom stereocenters. The van der Waals surface area contributed by atoms with E-state index in [4.69, 9.17) is 21.1 Å². The zero-order valence-corrected chi connectivity index (χ0v) is 15.3. The molecule has 1 aliphatic rings. The van der Waals surface area contributed by atoms with Crippen molar-refractivity contribution in [1.29, 1.82) is 0 Å². The third-order valence-electron chi connectivity index (χ3n) is 4.15. The molecule has 0 bridgehead atoms. The van der Waals surface area contributed by atoms with Crippen LogP contribution in [0.25, 0.3) is 0 Å². The van der Waals surface area contributed by atoms with E-state index in [9.17, 15) is 4.79 Å². The Balaban J connectivity index is 1.91. The van der Waals surface area contributed by atoms with E-state index in [-0.39, 0.29) is 11.9 Å². The summed E-state index contributed by atoms with van der Waals surface area (Å²) in [5, 5.41) is 2.44. The van der Waals surface area contributed by atoms with Crippen LogP contribution in [0.4, 0.5) is 0 Å². The van der Waals surface area contributed by atoms with E-state index in [1.807, 2.05) is 23.3 Å². The molecule has 2 heterocycles. The Morgan fingerprint density at radius 3 is 2.96 bits per heavy atom. The number of carbonyl (C=O) groups excluding carboxylic acids is 1. The van der Waals surface area contributed by atoms with Gasteiger partial charge in [0.05, 0.1) is 24.8 Å². The van der Waals surface area contributed by atoms with Gasteiger partial charge in [-0.15, -0.1) is 11.3 Å². The summed E-state index contributed by atoms with van der Waals surface area (Å²) in [7, 11) is 1.55. The number of amides is 1.